The van der Waals surface area contributed by atoms with Crippen LogP contribution in [0.1, 0.15) is 38.9 Å². The number of aliphatic hydroxyl groups excluding tert-OH is 1. The van der Waals surface area contributed by atoms with Gasteiger partial charge in [-0.05, 0) is 32.8 Å². The van der Waals surface area contributed by atoms with Gasteiger partial charge in [0.25, 0.3) is 0 Å². The second-order valence-corrected chi connectivity index (χ2v) is 6.87. The first kappa shape index (κ1) is 20.7. The Hall–Kier alpha value is -1.63. The summed E-state index contributed by atoms with van der Waals surface area (Å²) in [6.45, 7) is 11.3. The van der Waals surface area contributed by atoms with Gasteiger partial charge in [0.05, 0.1) is 25.9 Å². The van der Waals surface area contributed by atoms with Crippen LogP contribution in [0.15, 0.2) is 35.3 Å². The lowest BCUT2D eigenvalue weighted by Crippen LogP contribution is -2.49. The van der Waals surface area contributed by atoms with E-state index in [9.17, 15) is 5.11 Å². The number of benzene rings is 1. The van der Waals surface area contributed by atoms with Gasteiger partial charge in [-0.25, -0.2) is 0 Å². The van der Waals surface area contributed by atoms with E-state index in [1.54, 1.807) is 0 Å². The molecule has 1 saturated heterocycles. The van der Waals surface area contributed by atoms with Crippen LogP contribution in [0.4, 0.5) is 0 Å². The van der Waals surface area contributed by atoms with Gasteiger partial charge in [0.15, 0.2) is 5.96 Å². The molecule has 26 heavy (non-hydrogen) atoms. The summed E-state index contributed by atoms with van der Waals surface area (Å²) in [6.07, 6.45) is 0.185. The molecule has 1 aromatic carbocycles. The zero-order valence-corrected chi connectivity index (χ0v) is 16.3. The molecule has 1 heterocycles. The lowest BCUT2D eigenvalue weighted by molar-refractivity contribution is -0.0165. The number of aliphatic imine (C=N–C) groups is 1. The Morgan fingerprint density at radius 3 is 2.81 bits per heavy atom. The summed E-state index contributed by atoms with van der Waals surface area (Å²) in [5.41, 5.74) is 0.950. The Kier molecular flexibility index (Phi) is 8.88. The van der Waals surface area contributed by atoms with Gasteiger partial charge in [-0.2, -0.15) is 0 Å². The molecule has 0 saturated carbocycles. The molecule has 1 aromatic rings. The summed E-state index contributed by atoms with van der Waals surface area (Å²) in [6, 6.07) is 10.6. The molecule has 1 aliphatic rings. The Morgan fingerprint density at radius 1 is 1.35 bits per heavy atom. The number of hydrogen-bond acceptors (Lipinski definition) is 4. The Morgan fingerprint density at radius 2 is 2.12 bits per heavy atom. The van der Waals surface area contributed by atoms with E-state index >= 15 is 0 Å². The number of hydrogen-bond donors (Lipinski definition) is 3. The summed E-state index contributed by atoms with van der Waals surface area (Å²) in [7, 11) is 0. The average Bonchev–Trinajstić information content (AvgIpc) is 2.66. The molecule has 1 aliphatic heterocycles. The Labute approximate surface area is 157 Å². The van der Waals surface area contributed by atoms with Crippen molar-refractivity contribution in [1.82, 2.24) is 15.5 Å². The first-order valence-electron chi connectivity index (χ1n) is 9.70. The molecule has 6 nitrogen and oxygen atoms in total. The van der Waals surface area contributed by atoms with Crippen molar-refractivity contribution in [3.05, 3.63) is 35.9 Å². The predicted molar refractivity (Wildman–Crippen MR) is 106 cm³/mol. The molecule has 146 valence electrons. The fourth-order valence-electron chi connectivity index (χ4n) is 3.23. The lowest BCUT2D eigenvalue weighted by atomic mass is 10.1. The van der Waals surface area contributed by atoms with E-state index < -0.39 is 6.10 Å². The van der Waals surface area contributed by atoms with Gasteiger partial charge < -0.3 is 20.5 Å². The number of rotatable bonds is 8. The molecular formula is C20H34N4O2. The van der Waals surface area contributed by atoms with Crippen LogP contribution in [0.3, 0.4) is 0 Å². The number of aliphatic hydroxyl groups is 1. The molecule has 3 atom stereocenters. The van der Waals surface area contributed by atoms with Crippen molar-refractivity contribution in [1.29, 1.82) is 0 Å². The first-order chi connectivity index (χ1) is 12.6. The van der Waals surface area contributed by atoms with E-state index in [-0.39, 0.29) is 0 Å². The van der Waals surface area contributed by atoms with E-state index in [1.165, 1.54) is 0 Å². The summed E-state index contributed by atoms with van der Waals surface area (Å²) in [5.74, 6) is 0.806. The van der Waals surface area contributed by atoms with Gasteiger partial charge in [0, 0.05) is 31.7 Å². The fourth-order valence-corrected chi connectivity index (χ4v) is 3.23. The van der Waals surface area contributed by atoms with Crippen molar-refractivity contribution >= 4 is 5.96 Å². The van der Waals surface area contributed by atoms with Crippen LogP contribution in [0.2, 0.25) is 0 Å². The van der Waals surface area contributed by atoms with Crippen molar-refractivity contribution in [3.8, 4) is 0 Å². The van der Waals surface area contributed by atoms with Gasteiger partial charge in [-0.3, -0.25) is 9.89 Å². The average molecular weight is 363 g/mol. The third-order valence-corrected chi connectivity index (χ3v) is 4.74. The van der Waals surface area contributed by atoms with Gasteiger partial charge in [0.1, 0.15) is 0 Å². The molecule has 3 N–H and O–H groups in total. The summed E-state index contributed by atoms with van der Waals surface area (Å²) < 4.78 is 5.51. The Balaban J connectivity index is 1.80. The van der Waals surface area contributed by atoms with Crippen LogP contribution < -0.4 is 10.6 Å². The van der Waals surface area contributed by atoms with Crippen molar-refractivity contribution < 1.29 is 9.84 Å². The maximum absolute atomic E-state index is 10.3. The molecule has 0 spiro atoms. The number of nitrogens with one attached hydrogen (secondary N) is 2. The standard InChI is InChI=1S/C20H34N4O2/c1-4-21-20(22-11-10-19(25)18-8-6-5-7-9-18)23-14-16(2)24-12-13-26-15-17(24)3/h5-9,16-17,19,25H,4,10-15H2,1-3H3,(H2,21,22,23). The van der Waals surface area contributed by atoms with Crippen LogP contribution in [0.25, 0.3) is 0 Å². The second kappa shape index (κ2) is 11.2. The largest absolute Gasteiger partial charge is 0.388 e. The zero-order valence-electron chi connectivity index (χ0n) is 16.3. The van der Waals surface area contributed by atoms with Crippen LogP contribution >= 0.6 is 0 Å². The number of ether oxygens (including phenoxy) is 1. The number of nitrogens with zero attached hydrogens (tertiary/aromatic N) is 2. The normalized spacial score (nSPS) is 21.2. The second-order valence-electron chi connectivity index (χ2n) is 6.87. The van der Waals surface area contributed by atoms with Crippen molar-refractivity contribution in [2.24, 2.45) is 4.99 Å². The molecule has 0 aromatic heterocycles. The van der Waals surface area contributed by atoms with Gasteiger partial charge in [-0.1, -0.05) is 30.3 Å². The minimum atomic E-state index is -0.459. The SMILES string of the molecule is CCNC(=NCC(C)N1CCOCC1C)NCCC(O)c1ccccc1. The molecule has 3 unspecified atom stereocenters. The maximum atomic E-state index is 10.3. The van der Waals surface area contributed by atoms with Crippen molar-refractivity contribution in [2.75, 3.05) is 39.4 Å². The van der Waals surface area contributed by atoms with Gasteiger partial charge in [-0.15, -0.1) is 0 Å². The van der Waals surface area contributed by atoms with E-state index in [4.69, 9.17) is 9.73 Å². The van der Waals surface area contributed by atoms with Crippen molar-refractivity contribution in [3.63, 3.8) is 0 Å². The van der Waals surface area contributed by atoms with Crippen LogP contribution in [0, 0.1) is 0 Å². The fraction of sp³-hybridized carbons (Fsp3) is 0.650. The third-order valence-electron chi connectivity index (χ3n) is 4.74. The summed E-state index contributed by atoms with van der Waals surface area (Å²) in [5, 5.41) is 16.9. The topological polar surface area (TPSA) is 69.1 Å². The first-order valence-corrected chi connectivity index (χ1v) is 9.70. The van der Waals surface area contributed by atoms with E-state index in [2.05, 4.69) is 36.3 Å². The van der Waals surface area contributed by atoms with Crippen molar-refractivity contribution in [2.45, 2.75) is 45.4 Å². The van der Waals surface area contributed by atoms with Crippen LogP contribution in [-0.4, -0.2) is 67.4 Å². The molecule has 2 rings (SSSR count). The molecule has 0 bridgehead atoms. The zero-order chi connectivity index (χ0) is 18.8. The molecule has 0 aliphatic carbocycles. The summed E-state index contributed by atoms with van der Waals surface area (Å²) >= 11 is 0. The van der Waals surface area contributed by atoms with E-state index in [0.29, 0.717) is 25.0 Å². The van der Waals surface area contributed by atoms with Gasteiger partial charge in [0.2, 0.25) is 0 Å². The number of morpholine rings is 1. The molecule has 0 radical (unpaired) electrons. The third kappa shape index (κ3) is 6.59. The highest BCUT2D eigenvalue weighted by Gasteiger charge is 2.23. The molecule has 0 amide bonds. The van der Waals surface area contributed by atoms with E-state index in [0.717, 1.165) is 44.4 Å². The minimum absolute atomic E-state index is 0.374. The molecular weight excluding hydrogens is 328 g/mol. The highest BCUT2D eigenvalue weighted by Crippen LogP contribution is 2.15. The maximum Gasteiger partial charge on any atom is 0.191 e. The molecule has 1 fully saturated rings. The monoisotopic (exact) mass is 362 g/mol. The number of guanidine groups is 1. The highest BCUT2D eigenvalue weighted by molar-refractivity contribution is 5.79. The molecule has 6 heteroatoms. The smallest absolute Gasteiger partial charge is 0.191 e. The lowest BCUT2D eigenvalue weighted by Gasteiger charge is -2.37. The van der Waals surface area contributed by atoms with Crippen LogP contribution in [-0.2, 0) is 4.74 Å². The van der Waals surface area contributed by atoms with Gasteiger partial charge >= 0.3 is 0 Å². The van der Waals surface area contributed by atoms with E-state index in [1.807, 2.05) is 30.3 Å². The minimum Gasteiger partial charge on any atom is -0.388 e. The Bertz CT molecular complexity index is 538. The summed E-state index contributed by atoms with van der Waals surface area (Å²) in [4.78, 5) is 7.18. The van der Waals surface area contributed by atoms with Crippen LogP contribution in [0.5, 0.6) is 0 Å². The quantitative estimate of drug-likeness (QED) is 0.486. The highest BCUT2D eigenvalue weighted by atomic mass is 16.5. The predicted octanol–water partition coefficient (Wildman–Crippen LogP) is 1.77.